The molecule has 6 nitrogen and oxygen atoms in total. The maximum absolute atomic E-state index is 12.3. The van der Waals surface area contributed by atoms with Gasteiger partial charge in [-0.2, -0.15) is 0 Å². The van der Waals surface area contributed by atoms with E-state index in [2.05, 4.69) is 38.8 Å². The Morgan fingerprint density at radius 1 is 1.14 bits per heavy atom. The van der Waals surface area contributed by atoms with E-state index in [1.807, 2.05) is 52.9 Å². The fourth-order valence-corrected chi connectivity index (χ4v) is 4.80. The molecule has 0 bridgehead atoms. The van der Waals surface area contributed by atoms with Gasteiger partial charge in [-0.05, 0) is 52.9 Å². The monoisotopic (exact) mass is 534 g/mol. The van der Waals surface area contributed by atoms with Crippen LogP contribution in [0.4, 0.5) is 0 Å². The number of nitrogens with one attached hydrogen (secondary N) is 1. The summed E-state index contributed by atoms with van der Waals surface area (Å²) in [5, 5.41) is 0.712. The van der Waals surface area contributed by atoms with Gasteiger partial charge >= 0.3 is 5.69 Å². The first-order valence-corrected chi connectivity index (χ1v) is 13.8. The van der Waals surface area contributed by atoms with E-state index in [-0.39, 0.29) is 17.3 Å². The summed E-state index contributed by atoms with van der Waals surface area (Å²) in [6.07, 6.45) is 0. The van der Waals surface area contributed by atoms with E-state index in [4.69, 9.17) is 9.16 Å². The number of benzene rings is 1. The number of hydrogen-bond acceptors (Lipinski definition) is 5. The summed E-state index contributed by atoms with van der Waals surface area (Å²) in [6.45, 7) is 11.9. The number of aromatic nitrogens is 2. The molecule has 0 radical (unpaired) electrons. The highest BCUT2D eigenvalue weighted by Crippen LogP contribution is 2.36. The normalized spacial score (nSPS) is 12.4. The molecule has 0 saturated heterocycles. The molecule has 1 aromatic heterocycles. The van der Waals surface area contributed by atoms with Gasteiger partial charge in [-0.1, -0.05) is 50.7 Å². The van der Waals surface area contributed by atoms with Crippen LogP contribution in [0.2, 0.25) is 18.1 Å². The molecule has 1 heterocycles. The Hall–Kier alpha value is -0.883. The summed E-state index contributed by atoms with van der Waals surface area (Å²) in [6, 6.07) is 9.62. The molecule has 2 rings (SSSR count). The van der Waals surface area contributed by atoms with Crippen molar-refractivity contribution in [2.75, 3.05) is 13.2 Å². The average molecular weight is 534 g/mol. The lowest BCUT2D eigenvalue weighted by Crippen LogP contribution is -2.41. The summed E-state index contributed by atoms with van der Waals surface area (Å²) >= 11 is 3.33. The summed E-state index contributed by atoms with van der Waals surface area (Å²) < 4.78 is 13.7. The van der Waals surface area contributed by atoms with Gasteiger partial charge in [0.05, 0.1) is 13.2 Å². The van der Waals surface area contributed by atoms with E-state index in [9.17, 15) is 9.59 Å². The van der Waals surface area contributed by atoms with Gasteiger partial charge < -0.3 is 9.16 Å². The maximum Gasteiger partial charge on any atom is 0.331 e. The van der Waals surface area contributed by atoms with E-state index in [0.29, 0.717) is 21.8 Å². The van der Waals surface area contributed by atoms with E-state index < -0.39 is 14.0 Å². The molecule has 0 atom stereocenters. The molecule has 28 heavy (non-hydrogen) atoms. The number of aromatic amines is 1. The van der Waals surface area contributed by atoms with Crippen LogP contribution in [0, 0.1) is 3.57 Å². The summed E-state index contributed by atoms with van der Waals surface area (Å²) in [7, 11) is -1.82. The molecule has 1 aromatic carbocycles. The number of rotatable bonds is 8. The largest absolute Gasteiger partial charge is 0.414 e. The molecule has 0 amide bonds. The molecule has 0 spiro atoms. The highest BCUT2D eigenvalue weighted by Gasteiger charge is 2.36. The minimum absolute atomic E-state index is 0.0572. The fourth-order valence-electron chi connectivity index (χ4n) is 2.07. The van der Waals surface area contributed by atoms with E-state index in [1.54, 1.807) is 0 Å². The third-order valence-corrected chi connectivity index (χ3v) is 11.8. The second-order valence-electron chi connectivity index (χ2n) is 7.87. The van der Waals surface area contributed by atoms with E-state index >= 15 is 0 Å². The number of halogens is 1. The van der Waals surface area contributed by atoms with Crippen molar-refractivity contribution in [2.24, 2.45) is 0 Å². The van der Waals surface area contributed by atoms with E-state index in [0.717, 1.165) is 4.90 Å². The van der Waals surface area contributed by atoms with Gasteiger partial charge in [-0.25, -0.2) is 4.79 Å². The Bertz CT molecular complexity index is 907. The Kier molecular flexibility index (Phi) is 8.14. The fraction of sp³-hybridized carbons (Fsp3) is 0.474. The lowest BCUT2D eigenvalue weighted by Gasteiger charge is -2.36. The third-order valence-electron chi connectivity index (χ3n) is 4.77. The lowest BCUT2D eigenvalue weighted by atomic mass is 10.2. The second-order valence-corrected chi connectivity index (χ2v) is 14.8. The first-order chi connectivity index (χ1) is 13.0. The van der Waals surface area contributed by atoms with Crippen LogP contribution in [-0.4, -0.2) is 31.1 Å². The summed E-state index contributed by atoms with van der Waals surface area (Å²) in [5.41, 5.74) is -0.865. The van der Waals surface area contributed by atoms with Gasteiger partial charge in [0.2, 0.25) is 0 Å². The van der Waals surface area contributed by atoms with Crippen molar-refractivity contribution in [1.82, 2.24) is 9.55 Å². The molecule has 9 heteroatoms. The van der Waals surface area contributed by atoms with Crippen molar-refractivity contribution in [3.8, 4) is 0 Å². The molecule has 0 saturated carbocycles. The second kappa shape index (κ2) is 9.75. The van der Waals surface area contributed by atoms with Gasteiger partial charge in [0, 0.05) is 4.90 Å². The summed E-state index contributed by atoms with van der Waals surface area (Å²) in [4.78, 5) is 27.7. The number of ether oxygens (including phenoxy) is 1. The van der Waals surface area contributed by atoms with Crippen LogP contribution in [0.5, 0.6) is 0 Å². The van der Waals surface area contributed by atoms with Crippen LogP contribution in [-0.2, 0) is 15.9 Å². The number of H-pyrrole nitrogens is 1. The third kappa shape index (κ3) is 6.06. The van der Waals surface area contributed by atoms with Crippen LogP contribution < -0.4 is 11.2 Å². The van der Waals surface area contributed by atoms with Crippen molar-refractivity contribution in [3.63, 3.8) is 0 Å². The van der Waals surface area contributed by atoms with Gasteiger partial charge in [0.1, 0.15) is 15.3 Å². The first kappa shape index (κ1) is 23.4. The number of hydrogen-bond donors (Lipinski definition) is 1. The van der Waals surface area contributed by atoms with E-state index in [1.165, 1.54) is 16.3 Å². The zero-order valence-electron chi connectivity index (χ0n) is 16.9. The van der Waals surface area contributed by atoms with Crippen LogP contribution in [0.3, 0.4) is 0 Å². The van der Waals surface area contributed by atoms with Gasteiger partial charge in [-0.15, -0.1) is 0 Å². The SMILES string of the molecule is CC(C)(C)[Si](C)(C)OCCOCn1c(Sc2ccccc2)c(I)c(=O)[nH]c1=O. The van der Waals surface area contributed by atoms with Gasteiger partial charge in [-0.3, -0.25) is 14.3 Å². The molecule has 1 N–H and O–H groups in total. The predicted molar refractivity (Wildman–Crippen MR) is 124 cm³/mol. The van der Waals surface area contributed by atoms with Crippen LogP contribution in [0.15, 0.2) is 49.8 Å². The molecule has 0 aliphatic carbocycles. The van der Waals surface area contributed by atoms with Crippen molar-refractivity contribution < 1.29 is 9.16 Å². The van der Waals surface area contributed by atoms with Crippen molar-refractivity contribution in [1.29, 1.82) is 0 Å². The zero-order chi connectivity index (χ0) is 20.9. The van der Waals surface area contributed by atoms with Crippen molar-refractivity contribution in [3.05, 3.63) is 54.7 Å². The quantitative estimate of drug-likeness (QED) is 0.237. The highest BCUT2D eigenvalue weighted by atomic mass is 127. The van der Waals surface area contributed by atoms with Gasteiger partial charge in [0.15, 0.2) is 8.32 Å². The van der Waals surface area contributed by atoms with Crippen LogP contribution >= 0.6 is 34.4 Å². The Balaban J connectivity index is 2.08. The molecule has 0 fully saturated rings. The lowest BCUT2D eigenvalue weighted by molar-refractivity contribution is 0.0435. The Labute approximate surface area is 184 Å². The highest BCUT2D eigenvalue weighted by molar-refractivity contribution is 14.1. The minimum Gasteiger partial charge on any atom is -0.414 e. The zero-order valence-corrected chi connectivity index (χ0v) is 20.8. The molecule has 0 unspecified atom stereocenters. The molecule has 154 valence electrons. The Morgan fingerprint density at radius 2 is 1.79 bits per heavy atom. The standard InChI is InChI=1S/C19H27IN2O4SSi/c1-19(2,3)28(4,5)26-12-11-25-13-22-17(15(20)16(23)21-18(22)24)27-14-9-7-6-8-10-14/h6-10H,11-13H2,1-5H3,(H,21,23,24). The molecule has 2 aromatic rings. The smallest absolute Gasteiger partial charge is 0.331 e. The molecule has 0 aliphatic rings. The maximum atomic E-state index is 12.3. The minimum atomic E-state index is -1.82. The van der Waals surface area contributed by atoms with Crippen LogP contribution in [0.1, 0.15) is 20.8 Å². The predicted octanol–water partition coefficient (Wildman–Crippen LogP) is 4.29. The average Bonchev–Trinajstić information content (AvgIpc) is 2.61. The summed E-state index contributed by atoms with van der Waals surface area (Å²) in [5.74, 6) is 0. The molecule has 0 aliphatic heterocycles. The molecular weight excluding hydrogens is 507 g/mol. The first-order valence-electron chi connectivity index (χ1n) is 9.00. The topological polar surface area (TPSA) is 73.3 Å². The van der Waals surface area contributed by atoms with Crippen molar-refractivity contribution in [2.45, 2.75) is 55.6 Å². The van der Waals surface area contributed by atoms with Crippen LogP contribution in [0.25, 0.3) is 0 Å². The van der Waals surface area contributed by atoms with Crippen molar-refractivity contribution >= 4 is 42.7 Å². The number of nitrogens with zero attached hydrogens (tertiary/aromatic N) is 1. The molecular formula is C19H27IN2O4SSi. The Morgan fingerprint density at radius 3 is 2.39 bits per heavy atom. The van der Waals surface area contributed by atoms with Gasteiger partial charge in [0.25, 0.3) is 5.56 Å².